The molecule has 4 heteroatoms. The summed E-state index contributed by atoms with van der Waals surface area (Å²) in [4.78, 5) is 14.4. The summed E-state index contributed by atoms with van der Waals surface area (Å²) in [6, 6.07) is 59.4. The normalized spacial score (nSPS) is 14.4. The number of pyridine rings is 3. The van der Waals surface area contributed by atoms with Gasteiger partial charge in [-0.05, 0) is 46.4 Å². The van der Waals surface area contributed by atoms with E-state index in [-0.39, 0.29) is 20.1 Å². The molecule has 0 bridgehead atoms. The third-order valence-corrected chi connectivity index (χ3v) is 8.43. The van der Waals surface area contributed by atoms with E-state index in [2.05, 4.69) is 96.0 Å². The van der Waals surface area contributed by atoms with Gasteiger partial charge in [-0.3, -0.25) is 9.97 Å². The fourth-order valence-corrected chi connectivity index (χ4v) is 6.48. The summed E-state index contributed by atoms with van der Waals surface area (Å²) < 4.78 is 0. The number of hydrogen-bond donors (Lipinski definition) is 0. The summed E-state index contributed by atoms with van der Waals surface area (Å²) >= 11 is 0. The summed E-state index contributed by atoms with van der Waals surface area (Å²) in [6.07, 6.45) is 3.68. The molecule has 1 atom stereocenters. The van der Waals surface area contributed by atoms with Crippen LogP contribution in [0.5, 0.6) is 0 Å². The maximum Gasteiger partial charge on any atom is 3.00 e. The first-order valence-electron chi connectivity index (χ1n) is 15.0. The van der Waals surface area contributed by atoms with E-state index in [1.165, 1.54) is 27.5 Å². The Bertz CT molecular complexity index is 2180. The molecule has 0 spiro atoms. The molecule has 218 valence electrons. The first-order chi connectivity index (χ1) is 22.3. The van der Waals surface area contributed by atoms with Crippen LogP contribution in [0, 0.1) is 18.2 Å². The van der Waals surface area contributed by atoms with Crippen LogP contribution in [0.4, 0.5) is 0 Å². The fraction of sp³-hybridized carbons (Fsp3) is 0.0238. The van der Waals surface area contributed by atoms with Gasteiger partial charge < -0.3 is 4.98 Å². The molecule has 9 rings (SSSR count). The first-order valence-corrected chi connectivity index (χ1v) is 15.0. The van der Waals surface area contributed by atoms with Crippen LogP contribution in [0.3, 0.4) is 0 Å². The Kier molecular flexibility index (Phi) is 8.07. The van der Waals surface area contributed by atoms with Gasteiger partial charge in [-0.25, -0.2) is 0 Å². The minimum atomic E-state index is -0.626. The average Bonchev–Trinajstić information content (AvgIpc) is 3.44. The van der Waals surface area contributed by atoms with Crippen molar-refractivity contribution in [1.82, 2.24) is 15.0 Å². The molecule has 0 saturated carbocycles. The molecule has 0 amide bonds. The molecule has 0 N–H and O–H groups in total. The van der Waals surface area contributed by atoms with Crippen molar-refractivity contribution < 1.29 is 20.1 Å². The van der Waals surface area contributed by atoms with Crippen LogP contribution in [0.1, 0.15) is 22.5 Å². The number of nitrogens with zero attached hydrogens (tertiary/aromatic N) is 3. The number of benzene rings is 5. The number of hydrogen-bond acceptors (Lipinski definition) is 3. The Morgan fingerprint density at radius 1 is 0.500 bits per heavy atom. The minimum Gasteiger partial charge on any atom is -0.304 e. The molecule has 0 radical (unpaired) electrons. The zero-order valence-electron chi connectivity index (χ0n) is 24.7. The molecule has 3 heterocycles. The molecule has 0 unspecified atom stereocenters. The molecule has 3 aromatic heterocycles. The van der Waals surface area contributed by atoms with E-state index in [9.17, 15) is 0 Å². The summed E-state index contributed by atoms with van der Waals surface area (Å²) in [7, 11) is 0. The largest absolute Gasteiger partial charge is 3.00 e. The van der Waals surface area contributed by atoms with Gasteiger partial charge in [0.05, 0.1) is 11.1 Å². The molecule has 1 aliphatic carbocycles. The predicted molar refractivity (Wildman–Crippen MR) is 181 cm³/mol. The van der Waals surface area contributed by atoms with Gasteiger partial charge in [0.15, 0.2) is 0 Å². The molecule has 1 aliphatic rings. The smallest absolute Gasteiger partial charge is 0.304 e. The Hall–Kier alpha value is -5.28. The van der Waals surface area contributed by atoms with Gasteiger partial charge in [0, 0.05) is 18.1 Å². The zero-order valence-corrected chi connectivity index (χ0v) is 27.1. The first kappa shape index (κ1) is 29.4. The third kappa shape index (κ3) is 4.93. The quantitative estimate of drug-likeness (QED) is 0.133. The summed E-state index contributed by atoms with van der Waals surface area (Å²) in [5.41, 5.74) is 8.84. The molecule has 0 fully saturated rings. The van der Waals surface area contributed by atoms with Gasteiger partial charge >= 0.3 is 20.1 Å². The van der Waals surface area contributed by atoms with Gasteiger partial charge in [0.2, 0.25) is 0 Å². The monoisotopic (exact) mass is 765 g/mol. The van der Waals surface area contributed by atoms with Crippen LogP contribution in [0.15, 0.2) is 158 Å². The number of fused-ring (bicyclic) bond motifs is 6. The van der Waals surface area contributed by atoms with Crippen molar-refractivity contribution >= 4 is 21.7 Å². The van der Waals surface area contributed by atoms with Crippen LogP contribution < -0.4 is 0 Å². The average molecular weight is 765 g/mol. The second kappa shape index (κ2) is 12.6. The maximum absolute atomic E-state index is 5.18. The van der Waals surface area contributed by atoms with Crippen molar-refractivity contribution in [2.45, 2.75) is 5.41 Å². The van der Waals surface area contributed by atoms with Crippen LogP contribution >= 0.6 is 0 Å². The molecular weight excluding hydrogens is 739 g/mol. The molecule has 0 saturated heterocycles. The Morgan fingerprint density at radius 3 is 2.13 bits per heavy atom. The molecule has 5 aromatic carbocycles. The van der Waals surface area contributed by atoms with Gasteiger partial charge in [-0.15, -0.1) is 82.1 Å². The Balaban J connectivity index is 0.000000188. The van der Waals surface area contributed by atoms with Crippen molar-refractivity contribution in [3.63, 3.8) is 0 Å². The minimum absolute atomic E-state index is 0. The van der Waals surface area contributed by atoms with E-state index in [0.29, 0.717) is 0 Å². The van der Waals surface area contributed by atoms with E-state index in [4.69, 9.17) is 9.97 Å². The summed E-state index contributed by atoms with van der Waals surface area (Å²) in [5, 5.41) is 3.46. The zero-order chi connectivity index (χ0) is 30.1. The second-order valence-corrected chi connectivity index (χ2v) is 10.9. The van der Waals surface area contributed by atoms with E-state index in [0.717, 1.165) is 39.1 Å². The molecule has 3 nitrogen and oxygen atoms in total. The number of aromatic nitrogens is 3. The van der Waals surface area contributed by atoms with Crippen molar-refractivity contribution in [3.8, 4) is 22.4 Å². The van der Waals surface area contributed by atoms with Gasteiger partial charge in [-0.2, -0.15) is 24.3 Å². The third-order valence-electron chi connectivity index (χ3n) is 8.43. The summed E-state index contributed by atoms with van der Waals surface area (Å²) in [6.45, 7) is 0. The number of rotatable bonds is 3. The van der Waals surface area contributed by atoms with Crippen molar-refractivity contribution in [1.29, 1.82) is 0 Å². The Labute approximate surface area is 282 Å². The summed E-state index contributed by atoms with van der Waals surface area (Å²) in [5.74, 6) is 0. The van der Waals surface area contributed by atoms with E-state index in [1.54, 1.807) is 0 Å². The SMILES string of the molecule is [Ir+3].[c-]1cccc2ccc3cccnc3c12.[c-]1ccccc1-c1cccc([C@]2(c3ccccn3)c3[c-]cccc3-c3ccccc32)n1. The van der Waals surface area contributed by atoms with E-state index < -0.39 is 5.41 Å². The van der Waals surface area contributed by atoms with E-state index in [1.807, 2.05) is 85.2 Å². The van der Waals surface area contributed by atoms with E-state index >= 15 is 0 Å². The standard InChI is InChI=1S/C29H18N2.C13H8N.Ir/c1-2-11-21(12-3-1)26-17-10-19-28(31-26)29(27-18-8-9-20-30-27)24-15-6-4-13-22(24)23-14-5-7-16-25(23)29;1-2-6-12-10(4-1)7-8-11-5-3-9-14-13(11)12;/h1-11,13-15,17-20H;1-5,7-9H;/q-2;-1;+3/t29-;;/m0../s1. The second-order valence-electron chi connectivity index (χ2n) is 10.9. The van der Waals surface area contributed by atoms with Crippen molar-refractivity contribution in [2.24, 2.45) is 0 Å². The van der Waals surface area contributed by atoms with Crippen LogP contribution in [0.25, 0.3) is 44.1 Å². The van der Waals surface area contributed by atoms with Gasteiger partial charge in [0.25, 0.3) is 0 Å². The van der Waals surface area contributed by atoms with Gasteiger partial charge in [-0.1, -0.05) is 66.2 Å². The molecular formula is C42H26IrN3. The fourth-order valence-electron chi connectivity index (χ4n) is 6.48. The van der Waals surface area contributed by atoms with Crippen molar-refractivity contribution in [3.05, 3.63) is 199 Å². The van der Waals surface area contributed by atoms with Crippen molar-refractivity contribution in [2.75, 3.05) is 0 Å². The van der Waals surface area contributed by atoms with Crippen LogP contribution in [-0.2, 0) is 25.5 Å². The molecule has 0 aliphatic heterocycles. The van der Waals surface area contributed by atoms with Gasteiger partial charge in [0.1, 0.15) is 0 Å². The predicted octanol–water partition coefficient (Wildman–Crippen LogP) is 9.29. The Morgan fingerprint density at radius 2 is 1.24 bits per heavy atom. The molecule has 8 aromatic rings. The topological polar surface area (TPSA) is 38.7 Å². The van der Waals surface area contributed by atoms with Crippen LogP contribution in [0.2, 0.25) is 0 Å². The molecule has 46 heavy (non-hydrogen) atoms. The van der Waals surface area contributed by atoms with Crippen LogP contribution in [-0.4, -0.2) is 15.0 Å². The maximum atomic E-state index is 5.18.